The van der Waals surface area contributed by atoms with Crippen molar-refractivity contribution in [2.24, 2.45) is 19.8 Å². The minimum absolute atomic E-state index is 0.192. The van der Waals surface area contributed by atoms with Crippen LogP contribution in [-0.2, 0) is 19.6 Å². The molecule has 0 fully saturated rings. The minimum atomic E-state index is -1.21. The fraction of sp³-hybridized carbons (Fsp3) is 0.115. The molecule has 8 nitrogen and oxygen atoms in total. The summed E-state index contributed by atoms with van der Waals surface area (Å²) in [6, 6.07) is 17.7. The lowest BCUT2D eigenvalue weighted by Gasteiger charge is -2.30. The minimum Gasteiger partial charge on any atom is -0.311 e. The smallest absolute Gasteiger partial charge is 0.251 e. The number of aryl methyl sites for hydroxylation is 2. The van der Waals surface area contributed by atoms with Gasteiger partial charge in [0.05, 0.1) is 34.3 Å². The molecular weight excluding hydrogens is 462 g/mol. The highest BCUT2D eigenvalue weighted by Crippen LogP contribution is 2.35. The van der Waals surface area contributed by atoms with Crippen molar-refractivity contribution in [3.8, 4) is 23.6 Å². The van der Waals surface area contributed by atoms with E-state index in [4.69, 9.17) is 28.7 Å². The van der Waals surface area contributed by atoms with E-state index in [1.165, 1.54) is 10.6 Å². The van der Waals surface area contributed by atoms with Gasteiger partial charge >= 0.3 is 0 Å². The Morgan fingerprint density at radius 3 is 2.51 bits per heavy atom. The summed E-state index contributed by atoms with van der Waals surface area (Å²) in [6.45, 7) is 0. The summed E-state index contributed by atoms with van der Waals surface area (Å²) in [5.41, 5.74) is 10.4. The first kappa shape index (κ1) is 22.5. The number of terminal acetylenes is 1. The van der Waals surface area contributed by atoms with E-state index >= 15 is 0 Å². The largest absolute Gasteiger partial charge is 0.311 e. The van der Waals surface area contributed by atoms with Gasteiger partial charge in [-0.15, -0.1) is 11.5 Å². The molecule has 0 aliphatic carbocycles. The number of fused-ring (bicyclic) bond motifs is 1. The summed E-state index contributed by atoms with van der Waals surface area (Å²) in [7, 11) is 3.46. The Hall–Kier alpha value is -4.32. The predicted molar refractivity (Wildman–Crippen MR) is 135 cm³/mol. The molecule has 5 rings (SSSR count). The van der Waals surface area contributed by atoms with Crippen molar-refractivity contribution in [3.05, 3.63) is 105 Å². The van der Waals surface area contributed by atoms with Crippen LogP contribution in [0.1, 0.15) is 22.6 Å². The molecule has 0 bridgehead atoms. The summed E-state index contributed by atoms with van der Waals surface area (Å²) in [5, 5.41) is 8.70. The molecule has 1 aromatic carbocycles. The van der Waals surface area contributed by atoms with Gasteiger partial charge in [0.25, 0.3) is 5.56 Å². The molecule has 5 aromatic rings. The molecule has 0 spiro atoms. The maximum Gasteiger partial charge on any atom is 0.251 e. The van der Waals surface area contributed by atoms with Crippen LogP contribution < -0.4 is 11.3 Å². The summed E-state index contributed by atoms with van der Waals surface area (Å²) in [4.78, 5) is 22.3. The first-order chi connectivity index (χ1) is 16.8. The van der Waals surface area contributed by atoms with Crippen molar-refractivity contribution in [2.75, 3.05) is 0 Å². The lowest BCUT2D eigenvalue weighted by molar-refractivity contribution is 0.551. The molecular formula is C26H20ClN7O. The Morgan fingerprint density at radius 1 is 1.06 bits per heavy atom. The van der Waals surface area contributed by atoms with Crippen molar-refractivity contribution in [1.29, 1.82) is 0 Å². The van der Waals surface area contributed by atoms with Gasteiger partial charge in [-0.05, 0) is 42.0 Å². The molecule has 0 saturated carbocycles. The van der Waals surface area contributed by atoms with Crippen molar-refractivity contribution in [1.82, 2.24) is 29.5 Å². The predicted octanol–water partition coefficient (Wildman–Crippen LogP) is 3.01. The molecule has 0 radical (unpaired) electrons. The zero-order valence-electron chi connectivity index (χ0n) is 19.0. The van der Waals surface area contributed by atoms with E-state index in [9.17, 15) is 4.79 Å². The second-order valence-electron chi connectivity index (χ2n) is 8.13. The fourth-order valence-electron chi connectivity index (χ4n) is 4.19. The van der Waals surface area contributed by atoms with Crippen LogP contribution in [0, 0.1) is 12.3 Å². The monoisotopic (exact) mass is 481 g/mol. The van der Waals surface area contributed by atoms with Crippen LogP contribution >= 0.6 is 11.6 Å². The normalized spacial score (nSPS) is 12.9. The van der Waals surface area contributed by atoms with Crippen molar-refractivity contribution in [3.63, 3.8) is 0 Å². The quantitative estimate of drug-likeness (QED) is 0.396. The molecule has 4 heterocycles. The third-order valence-electron chi connectivity index (χ3n) is 6.08. The van der Waals surface area contributed by atoms with E-state index in [-0.39, 0.29) is 5.56 Å². The van der Waals surface area contributed by atoms with Crippen LogP contribution in [0.5, 0.6) is 0 Å². The molecule has 0 saturated heterocycles. The molecule has 0 aliphatic heterocycles. The van der Waals surface area contributed by atoms with Gasteiger partial charge in [0, 0.05) is 30.7 Å². The Morgan fingerprint density at radius 2 is 1.83 bits per heavy atom. The topological polar surface area (TPSA) is 105 Å². The van der Waals surface area contributed by atoms with Crippen LogP contribution in [-0.4, -0.2) is 29.5 Å². The van der Waals surface area contributed by atoms with Gasteiger partial charge in [-0.25, -0.2) is 14.6 Å². The van der Waals surface area contributed by atoms with Crippen LogP contribution in [0.15, 0.2) is 71.7 Å². The Balaban J connectivity index is 1.84. The van der Waals surface area contributed by atoms with Gasteiger partial charge in [0.15, 0.2) is 0 Å². The first-order valence-electron chi connectivity index (χ1n) is 10.7. The number of aromatic nitrogens is 6. The number of rotatable bonds is 4. The molecule has 4 aromatic heterocycles. The van der Waals surface area contributed by atoms with Gasteiger partial charge in [0.2, 0.25) is 0 Å². The second-order valence-corrected chi connectivity index (χ2v) is 8.57. The maximum absolute atomic E-state index is 12.8. The Bertz CT molecular complexity index is 1680. The molecule has 1 atom stereocenters. The fourth-order valence-corrected chi connectivity index (χ4v) is 4.32. The lowest BCUT2D eigenvalue weighted by Crippen LogP contribution is -2.42. The Kier molecular flexibility index (Phi) is 5.44. The highest BCUT2D eigenvalue weighted by Gasteiger charge is 2.37. The zero-order chi connectivity index (χ0) is 24.7. The SMILES string of the molecule is C#Cc1cccc(-c2cc(=O)n(C)c3ccc(C(N)(c4ccc(Cl)cc4)c4cnnn4C)nc23)n1. The number of nitrogens with zero attached hydrogens (tertiary/aromatic N) is 6. The summed E-state index contributed by atoms with van der Waals surface area (Å²) < 4.78 is 3.15. The second kappa shape index (κ2) is 8.47. The van der Waals surface area contributed by atoms with E-state index in [2.05, 4.69) is 21.2 Å². The van der Waals surface area contributed by atoms with Gasteiger partial charge in [-0.2, -0.15) is 0 Å². The van der Waals surface area contributed by atoms with Crippen molar-refractivity contribution >= 4 is 22.6 Å². The number of halogens is 1. The van der Waals surface area contributed by atoms with Crippen LogP contribution in [0.4, 0.5) is 0 Å². The molecule has 35 heavy (non-hydrogen) atoms. The highest BCUT2D eigenvalue weighted by atomic mass is 35.5. The Labute approximate surface area is 206 Å². The van der Waals surface area contributed by atoms with E-state index < -0.39 is 5.54 Å². The number of pyridine rings is 3. The van der Waals surface area contributed by atoms with Crippen molar-refractivity contribution < 1.29 is 0 Å². The number of hydrogen-bond donors (Lipinski definition) is 1. The van der Waals surface area contributed by atoms with Crippen molar-refractivity contribution in [2.45, 2.75) is 5.54 Å². The molecule has 172 valence electrons. The third kappa shape index (κ3) is 3.67. The maximum atomic E-state index is 12.8. The standard InChI is InChI=1S/C26H20ClN7O/c1-4-18-6-5-7-20(30-18)19-14-24(35)33(2)21-12-13-22(31-25(19)21)26(28,23-15-29-32-34(23)3)16-8-10-17(27)11-9-16/h1,5-15H,28H2,2-3H3. The van der Waals surface area contributed by atoms with Crippen LogP contribution in [0.2, 0.25) is 5.02 Å². The van der Waals surface area contributed by atoms with Gasteiger partial charge < -0.3 is 10.3 Å². The molecule has 9 heteroatoms. The third-order valence-corrected chi connectivity index (χ3v) is 6.34. The number of benzene rings is 1. The summed E-state index contributed by atoms with van der Waals surface area (Å²) >= 11 is 6.15. The first-order valence-corrected chi connectivity index (χ1v) is 11.1. The molecule has 0 aliphatic rings. The van der Waals surface area contributed by atoms with Gasteiger partial charge in [-0.3, -0.25) is 4.79 Å². The van der Waals surface area contributed by atoms with Gasteiger partial charge in [0.1, 0.15) is 11.2 Å². The van der Waals surface area contributed by atoms with Crippen LogP contribution in [0.25, 0.3) is 22.3 Å². The van der Waals surface area contributed by atoms with E-state index in [1.54, 1.807) is 61.4 Å². The highest BCUT2D eigenvalue weighted by molar-refractivity contribution is 6.30. The van der Waals surface area contributed by atoms with E-state index in [0.717, 1.165) is 5.56 Å². The average molecular weight is 482 g/mol. The lowest BCUT2D eigenvalue weighted by atomic mass is 9.84. The summed E-state index contributed by atoms with van der Waals surface area (Å²) in [6.07, 6.45) is 7.17. The number of nitrogens with two attached hydrogens (primary N) is 1. The molecule has 2 N–H and O–H groups in total. The molecule has 1 unspecified atom stereocenters. The van der Waals surface area contributed by atoms with Gasteiger partial charge in [-0.1, -0.05) is 40.9 Å². The van der Waals surface area contributed by atoms with E-state index in [0.29, 0.717) is 44.4 Å². The zero-order valence-corrected chi connectivity index (χ0v) is 19.7. The molecule has 0 amide bonds. The van der Waals surface area contributed by atoms with Crippen LogP contribution in [0.3, 0.4) is 0 Å². The average Bonchev–Trinajstić information content (AvgIpc) is 3.32. The number of hydrogen-bond acceptors (Lipinski definition) is 6. The summed E-state index contributed by atoms with van der Waals surface area (Å²) in [5.74, 6) is 2.54. The van der Waals surface area contributed by atoms with E-state index in [1.807, 2.05) is 18.2 Å².